The first-order valence-electron chi connectivity index (χ1n) is 8.64. The Kier molecular flexibility index (Phi) is 7.00. The Balaban J connectivity index is 2.89. The maximum atomic E-state index is 6.18. The second-order valence-corrected chi connectivity index (χ2v) is 8.00. The molecule has 0 aromatic rings. The summed E-state index contributed by atoms with van der Waals surface area (Å²) in [7, 11) is 0. The maximum absolute atomic E-state index is 6.18. The van der Waals surface area contributed by atoms with E-state index in [-0.39, 0.29) is 5.41 Å². The van der Waals surface area contributed by atoms with Crippen LogP contribution in [0.25, 0.3) is 0 Å². The van der Waals surface area contributed by atoms with Crippen molar-refractivity contribution in [3.05, 3.63) is 0 Å². The molecule has 4 unspecified atom stereocenters. The predicted molar refractivity (Wildman–Crippen MR) is 88.0 cm³/mol. The van der Waals surface area contributed by atoms with Gasteiger partial charge in [-0.1, -0.05) is 41.5 Å². The van der Waals surface area contributed by atoms with Gasteiger partial charge in [-0.2, -0.15) is 0 Å². The SMILES string of the molecule is CCNC(C1CC(C)CC(C)C1)C(OCC)C(C)(C)C. The Morgan fingerprint density at radius 1 is 1.05 bits per heavy atom. The van der Waals surface area contributed by atoms with Crippen LogP contribution in [0.1, 0.15) is 67.7 Å². The molecule has 20 heavy (non-hydrogen) atoms. The Bertz CT molecular complexity index is 261. The van der Waals surface area contributed by atoms with Gasteiger partial charge < -0.3 is 10.1 Å². The molecule has 0 aliphatic heterocycles. The van der Waals surface area contributed by atoms with E-state index in [1.54, 1.807) is 0 Å². The van der Waals surface area contributed by atoms with Gasteiger partial charge in [0.05, 0.1) is 6.10 Å². The fraction of sp³-hybridized carbons (Fsp3) is 1.00. The van der Waals surface area contributed by atoms with E-state index >= 15 is 0 Å². The van der Waals surface area contributed by atoms with E-state index in [9.17, 15) is 0 Å². The molecule has 1 rings (SSSR count). The minimum Gasteiger partial charge on any atom is -0.376 e. The fourth-order valence-electron chi connectivity index (χ4n) is 4.13. The highest BCUT2D eigenvalue weighted by molar-refractivity contribution is 4.93. The fourth-order valence-corrected chi connectivity index (χ4v) is 4.13. The molecular formula is C18H37NO. The number of likely N-dealkylation sites (N-methyl/N-ethyl adjacent to an activating group) is 1. The van der Waals surface area contributed by atoms with Crippen LogP contribution in [0.2, 0.25) is 0 Å². The van der Waals surface area contributed by atoms with Crippen LogP contribution in [-0.4, -0.2) is 25.3 Å². The van der Waals surface area contributed by atoms with E-state index in [2.05, 4.69) is 53.8 Å². The molecule has 0 spiro atoms. The van der Waals surface area contributed by atoms with Gasteiger partial charge in [0, 0.05) is 12.6 Å². The lowest BCUT2D eigenvalue weighted by Gasteiger charge is -2.44. The van der Waals surface area contributed by atoms with Crippen molar-refractivity contribution in [1.29, 1.82) is 0 Å². The average molecular weight is 284 g/mol. The first kappa shape index (κ1) is 18.0. The normalized spacial score (nSPS) is 31.1. The molecule has 120 valence electrons. The van der Waals surface area contributed by atoms with E-state index in [0.29, 0.717) is 12.1 Å². The summed E-state index contributed by atoms with van der Waals surface area (Å²) in [6.07, 6.45) is 4.39. The molecule has 4 atom stereocenters. The second-order valence-electron chi connectivity index (χ2n) is 8.00. The molecule has 0 heterocycles. The lowest BCUT2D eigenvalue weighted by atomic mass is 9.69. The van der Waals surface area contributed by atoms with Gasteiger partial charge in [0.15, 0.2) is 0 Å². The van der Waals surface area contributed by atoms with Gasteiger partial charge in [-0.3, -0.25) is 0 Å². The van der Waals surface area contributed by atoms with E-state index in [1.807, 2.05) is 0 Å². The van der Waals surface area contributed by atoms with Gasteiger partial charge in [-0.05, 0) is 55.9 Å². The third-order valence-electron chi connectivity index (χ3n) is 4.69. The molecule has 0 saturated heterocycles. The molecule has 2 heteroatoms. The molecule has 0 bridgehead atoms. The first-order chi connectivity index (χ1) is 9.29. The summed E-state index contributed by atoms with van der Waals surface area (Å²) in [5.74, 6) is 2.46. The van der Waals surface area contributed by atoms with E-state index in [4.69, 9.17) is 4.74 Å². The molecule has 2 nitrogen and oxygen atoms in total. The van der Waals surface area contributed by atoms with Crippen molar-refractivity contribution in [2.45, 2.75) is 79.9 Å². The molecular weight excluding hydrogens is 246 g/mol. The van der Waals surface area contributed by atoms with Gasteiger partial charge in [0.1, 0.15) is 0 Å². The van der Waals surface area contributed by atoms with Crippen LogP contribution in [0.3, 0.4) is 0 Å². The minimum atomic E-state index is 0.187. The van der Waals surface area contributed by atoms with E-state index in [0.717, 1.165) is 30.9 Å². The maximum Gasteiger partial charge on any atom is 0.0778 e. The van der Waals surface area contributed by atoms with Crippen molar-refractivity contribution in [3.63, 3.8) is 0 Å². The number of hydrogen-bond acceptors (Lipinski definition) is 2. The number of rotatable bonds is 6. The van der Waals surface area contributed by atoms with Crippen LogP contribution >= 0.6 is 0 Å². The molecule has 0 aromatic carbocycles. The van der Waals surface area contributed by atoms with Gasteiger partial charge in [-0.25, -0.2) is 0 Å². The number of hydrogen-bond donors (Lipinski definition) is 1. The summed E-state index contributed by atoms with van der Waals surface area (Å²) in [5.41, 5.74) is 0.187. The monoisotopic (exact) mass is 283 g/mol. The quantitative estimate of drug-likeness (QED) is 0.775. The van der Waals surface area contributed by atoms with E-state index in [1.165, 1.54) is 19.3 Å². The molecule has 1 aliphatic carbocycles. The molecule has 1 aliphatic rings. The molecule has 0 radical (unpaired) electrons. The van der Waals surface area contributed by atoms with Crippen LogP contribution in [-0.2, 0) is 4.74 Å². The largest absolute Gasteiger partial charge is 0.376 e. The highest BCUT2D eigenvalue weighted by Gasteiger charge is 2.39. The Hall–Kier alpha value is -0.0800. The standard InChI is InChI=1S/C18H37NO/c1-8-19-16(17(20-9-2)18(5,6)7)15-11-13(3)10-14(4)12-15/h13-17,19H,8-12H2,1-7H3. The smallest absolute Gasteiger partial charge is 0.0778 e. The molecule has 1 fully saturated rings. The van der Waals surface area contributed by atoms with Gasteiger partial charge in [0.2, 0.25) is 0 Å². The Morgan fingerprint density at radius 3 is 2.00 bits per heavy atom. The molecule has 1 N–H and O–H groups in total. The third kappa shape index (κ3) is 5.04. The highest BCUT2D eigenvalue weighted by Crippen LogP contribution is 2.38. The zero-order valence-electron chi connectivity index (χ0n) is 14.8. The summed E-state index contributed by atoms with van der Waals surface area (Å²) in [4.78, 5) is 0. The molecule has 1 saturated carbocycles. The van der Waals surface area contributed by atoms with E-state index < -0.39 is 0 Å². The Morgan fingerprint density at radius 2 is 1.60 bits per heavy atom. The van der Waals surface area contributed by atoms with Crippen LogP contribution in [0.15, 0.2) is 0 Å². The molecule has 0 aromatic heterocycles. The molecule has 0 amide bonds. The van der Waals surface area contributed by atoms with Gasteiger partial charge >= 0.3 is 0 Å². The van der Waals surface area contributed by atoms with Crippen LogP contribution in [0.4, 0.5) is 0 Å². The van der Waals surface area contributed by atoms with Crippen molar-refractivity contribution >= 4 is 0 Å². The number of nitrogens with one attached hydrogen (secondary N) is 1. The number of ether oxygens (including phenoxy) is 1. The van der Waals surface area contributed by atoms with Crippen LogP contribution in [0.5, 0.6) is 0 Å². The van der Waals surface area contributed by atoms with Crippen LogP contribution in [0, 0.1) is 23.2 Å². The summed E-state index contributed by atoms with van der Waals surface area (Å²) < 4.78 is 6.18. The van der Waals surface area contributed by atoms with Crippen molar-refractivity contribution in [2.24, 2.45) is 23.2 Å². The van der Waals surface area contributed by atoms with Crippen LogP contribution < -0.4 is 5.32 Å². The lowest BCUT2D eigenvalue weighted by molar-refractivity contribution is -0.0567. The van der Waals surface area contributed by atoms with Gasteiger partial charge in [-0.15, -0.1) is 0 Å². The zero-order chi connectivity index (χ0) is 15.3. The topological polar surface area (TPSA) is 21.3 Å². The summed E-state index contributed by atoms with van der Waals surface area (Å²) in [6, 6.07) is 0.491. The van der Waals surface area contributed by atoms with Crippen molar-refractivity contribution < 1.29 is 4.74 Å². The van der Waals surface area contributed by atoms with Crippen molar-refractivity contribution in [1.82, 2.24) is 5.32 Å². The summed E-state index contributed by atoms with van der Waals surface area (Å²) >= 11 is 0. The second kappa shape index (κ2) is 7.79. The van der Waals surface area contributed by atoms with Crippen molar-refractivity contribution in [2.75, 3.05) is 13.2 Å². The third-order valence-corrected chi connectivity index (χ3v) is 4.69. The average Bonchev–Trinajstić information content (AvgIpc) is 2.31. The Labute approximate surface area is 127 Å². The lowest BCUT2D eigenvalue weighted by Crippen LogP contribution is -2.53. The summed E-state index contributed by atoms with van der Waals surface area (Å²) in [5, 5.41) is 3.76. The van der Waals surface area contributed by atoms with Gasteiger partial charge in [0.25, 0.3) is 0 Å². The summed E-state index contributed by atoms with van der Waals surface area (Å²) in [6.45, 7) is 17.9. The van der Waals surface area contributed by atoms with Crippen molar-refractivity contribution in [3.8, 4) is 0 Å². The predicted octanol–water partition coefficient (Wildman–Crippen LogP) is 4.49. The first-order valence-corrected chi connectivity index (χ1v) is 8.64. The zero-order valence-corrected chi connectivity index (χ0v) is 14.8. The highest BCUT2D eigenvalue weighted by atomic mass is 16.5. The minimum absolute atomic E-state index is 0.187.